The molecule has 22 heavy (non-hydrogen) atoms. The van der Waals surface area contributed by atoms with Gasteiger partial charge in [-0.15, -0.1) is 0 Å². The van der Waals surface area contributed by atoms with Gasteiger partial charge in [-0.1, -0.05) is 36.4 Å². The van der Waals surface area contributed by atoms with Crippen LogP contribution < -0.4 is 5.32 Å². The summed E-state index contributed by atoms with van der Waals surface area (Å²) in [6.07, 6.45) is 4.68. The van der Waals surface area contributed by atoms with E-state index in [2.05, 4.69) is 21.9 Å². The molecule has 0 radical (unpaired) electrons. The Labute approximate surface area is 132 Å². The van der Waals surface area contributed by atoms with E-state index >= 15 is 0 Å². The van der Waals surface area contributed by atoms with Gasteiger partial charge in [0.15, 0.2) is 0 Å². The first kappa shape index (κ1) is 17.6. The highest BCUT2D eigenvalue weighted by molar-refractivity contribution is 6.06. The highest BCUT2D eigenvalue weighted by Gasteiger charge is 2.02. The summed E-state index contributed by atoms with van der Waals surface area (Å²) in [5.41, 5.74) is 3.66. The normalized spacial score (nSPS) is 12.5. The fraction of sp³-hybridized carbons (Fsp3) is 0.278. The van der Waals surface area contributed by atoms with Gasteiger partial charge in [0.1, 0.15) is 0 Å². The molecule has 0 heterocycles. The van der Waals surface area contributed by atoms with E-state index in [9.17, 15) is 4.79 Å². The number of nitrogens with zero attached hydrogens (tertiary/aromatic N) is 2. The minimum atomic E-state index is -0.199. The molecule has 0 saturated heterocycles. The third kappa shape index (κ3) is 6.79. The van der Waals surface area contributed by atoms with Crippen molar-refractivity contribution in [3.8, 4) is 0 Å². The molecule has 1 aromatic carbocycles. The third-order valence-electron chi connectivity index (χ3n) is 2.74. The van der Waals surface area contributed by atoms with Gasteiger partial charge in [0.25, 0.3) is 0 Å². The van der Waals surface area contributed by atoms with Crippen LogP contribution in [0.3, 0.4) is 0 Å². The molecule has 0 aliphatic carbocycles. The van der Waals surface area contributed by atoms with E-state index < -0.39 is 0 Å². The zero-order chi connectivity index (χ0) is 16.5. The number of benzene rings is 1. The molecule has 0 aliphatic rings. The quantitative estimate of drug-likeness (QED) is 0.507. The van der Waals surface area contributed by atoms with E-state index in [4.69, 9.17) is 0 Å². The van der Waals surface area contributed by atoms with E-state index in [0.717, 1.165) is 29.0 Å². The van der Waals surface area contributed by atoms with Crippen LogP contribution in [0.25, 0.3) is 0 Å². The molecule has 116 valence electrons. The lowest BCUT2D eigenvalue weighted by molar-refractivity contribution is -0.117. The largest absolute Gasteiger partial charge is 0.295 e. The first-order valence-corrected chi connectivity index (χ1v) is 7.16. The Kier molecular flexibility index (Phi) is 6.96. The molecule has 0 aromatic heterocycles. The number of carbonyl (C=O) groups is 1. The predicted octanol–water partition coefficient (Wildman–Crippen LogP) is 4.10. The van der Waals surface area contributed by atoms with Crippen molar-refractivity contribution in [1.29, 1.82) is 0 Å². The Morgan fingerprint density at radius 1 is 1.27 bits per heavy atom. The summed E-state index contributed by atoms with van der Waals surface area (Å²) in [6, 6.07) is 7.70. The molecule has 1 N–H and O–H groups in total. The minimum absolute atomic E-state index is 0.199. The van der Waals surface area contributed by atoms with Crippen molar-refractivity contribution in [3.05, 3.63) is 54.1 Å². The molecular weight excluding hydrogens is 274 g/mol. The van der Waals surface area contributed by atoms with Crippen LogP contribution in [0.2, 0.25) is 0 Å². The van der Waals surface area contributed by atoms with Crippen molar-refractivity contribution in [2.75, 3.05) is 0 Å². The molecular formula is C18H23N3O. The maximum absolute atomic E-state index is 11.3. The Balaban J connectivity index is 3.03. The van der Waals surface area contributed by atoms with Gasteiger partial charge in [0.05, 0.1) is 5.69 Å². The summed E-state index contributed by atoms with van der Waals surface area (Å²) in [5, 5.41) is 2.66. The summed E-state index contributed by atoms with van der Waals surface area (Å²) in [5.74, 6) is 0.0917. The predicted molar refractivity (Wildman–Crippen MR) is 93.8 cm³/mol. The molecule has 1 aromatic rings. The SMILES string of the molecule is C=C(C)C/C=C\C(C)=NC(=Nc1ccccc1C)NC(C)=O. The van der Waals surface area contributed by atoms with Crippen molar-refractivity contribution in [2.45, 2.75) is 34.1 Å². The molecule has 0 bridgehead atoms. The molecule has 0 spiro atoms. The number of guanidine groups is 1. The summed E-state index contributed by atoms with van der Waals surface area (Å²) in [4.78, 5) is 20.1. The third-order valence-corrected chi connectivity index (χ3v) is 2.74. The fourth-order valence-electron chi connectivity index (χ4n) is 1.68. The fourth-order valence-corrected chi connectivity index (χ4v) is 1.68. The van der Waals surface area contributed by atoms with Gasteiger partial charge in [-0.25, -0.2) is 9.98 Å². The topological polar surface area (TPSA) is 53.8 Å². The molecule has 4 nitrogen and oxygen atoms in total. The highest BCUT2D eigenvalue weighted by Crippen LogP contribution is 2.17. The Morgan fingerprint density at radius 2 is 1.95 bits per heavy atom. The average Bonchev–Trinajstić information content (AvgIpc) is 2.40. The molecule has 0 aliphatic heterocycles. The van der Waals surface area contributed by atoms with Crippen LogP contribution in [-0.2, 0) is 4.79 Å². The molecule has 0 saturated carbocycles. The number of allylic oxidation sites excluding steroid dienone is 3. The zero-order valence-corrected chi connectivity index (χ0v) is 13.7. The summed E-state index contributed by atoms with van der Waals surface area (Å²) in [6.45, 7) is 11.1. The van der Waals surface area contributed by atoms with Crippen LogP contribution in [0.5, 0.6) is 0 Å². The van der Waals surface area contributed by atoms with E-state index in [1.54, 1.807) is 0 Å². The van der Waals surface area contributed by atoms with Crippen LogP contribution >= 0.6 is 0 Å². The summed E-state index contributed by atoms with van der Waals surface area (Å²) in [7, 11) is 0. The van der Waals surface area contributed by atoms with E-state index in [0.29, 0.717) is 5.96 Å². The molecule has 0 unspecified atom stereocenters. The van der Waals surface area contributed by atoms with Gasteiger partial charge < -0.3 is 0 Å². The number of carbonyl (C=O) groups excluding carboxylic acids is 1. The van der Waals surface area contributed by atoms with Crippen molar-refractivity contribution in [2.24, 2.45) is 9.98 Å². The molecule has 0 atom stereocenters. The maximum atomic E-state index is 11.3. The van der Waals surface area contributed by atoms with E-state index in [1.807, 2.05) is 57.2 Å². The lowest BCUT2D eigenvalue weighted by Crippen LogP contribution is -2.27. The van der Waals surface area contributed by atoms with Crippen LogP contribution in [0.1, 0.15) is 32.8 Å². The lowest BCUT2D eigenvalue weighted by Gasteiger charge is -2.04. The number of hydrogen-bond donors (Lipinski definition) is 1. The monoisotopic (exact) mass is 297 g/mol. The number of hydrogen-bond acceptors (Lipinski definition) is 2. The highest BCUT2D eigenvalue weighted by atomic mass is 16.1. The van der Waals surface area contributed by atoms with Crippen LogP contribution in [0, 0.1) is 6.92 Å². The second-order valence-corrected chi connectivity index (χ2v) is 5.22. The minimum Gasteiger partial charge on any atom is -0.295 e. The average molecular weight is 297 g/mol. The number of rotatable bonds is 4. The zero-order valence-electron chi connectivity index (χ0n) is 13.7. The van der Waals surface area contributed by atoms with Gasteiger partial charge >= 0.3 is 0 Å². The number of aliphatic imine (C=N–C) groups is 2. The number of para-hydroxylation sites is 1. The Bertz CT molecular complexity index is 639. The first-order chi connectivity index (χ1) is 10.4. The second-order valence-electron chi connectivity index (χ2n) is 5.22. The Hall–Kier alpha value is -2.49. The van der Waals surface area contributed by atoms with Crippen molar-refractivity contribution < 1.29 is 4.79 Å². The van der Waals surface area contributed by atoms with Crippen molar-refractivity contribution in [3.63, 3.8) is 0 Å². The van der Waals surface area contributed by atoms with E-state index in [1.165, 1.54) is 6.92 Å². The van der Waals surface area contributed by atoms with Gasteiger partial charge in [0.2, 0.25) is 11.9 Å². The van der Waals surface area contributed by atoms with Crippen LogP contribution in [0.4, 0.5) is 5.69 Å². The lowest BCUT2D eigenvalue weighted by atomic mass is 10.2. The summed E-state index contributed by atoms with van der Waals surface area (Å²) < 4.78 is 0. The van der Waals surface area contributed by atoms with Gasteiger partial charge in [0, 0.05) is 12.6 Å². The van der Waals surface area contributed by atoms with Crippen LogP contribution in [0.15, 0.2) is 58.6 Å². The van der Waals surface area contributed by atoms with Crippen molar-refractivity contribution >= 4 is 23.3 Å². The number of amides is 1. The summed E-state index contributed by atoms with van der Waals surface area (Å²) >= 11 is 0. The maximum Gasteiger partial charge on any atom is 0.230 e. The number of nitrogens with one attached hydrogen (secondary N) is 1. The van der Waals surface area contributed by atoms with Gasteiger partial charge in [-0.3, -0.25) is 10.1 Å². The van der Waals surface area contributed by atoms with Crippen LogP contribution in [-0.4, -0.2) is 17.6 Å². The van der Waals surface area contributed by atoms with Crippen molar-refractivity contribution in [1.82, 2.24) is 5.32 Å². The van der Waals surface area contributed by atoms with Gasteiger partial charge in [-0.05, 0) is 44.9 Å². The molecule has 1 amide bonds. The standard InChI is InChI=1S/C18H23N3O/c1-13(2)9-8-11-15(4)19-18(20-16(5)22)21-17-12-7-6-10-14(17)3/h6-8,10-12H,1,9H2,2-5H3,(H,20,21,22)/b11-8-,19-15?. The molecule has 4 heteroatoms. The first-order valence-electron chi connectivity index (χ1n) is 7.16. The number of aryl methyl sites for hydroxylation is 1. The molecule has 0 fully saturated rings. The van der Waals surface area contributed by atoms with E-state index in [-0.39, 0.29) is 5.91 Å². The second kappa shape index (κ2) is 8.72. The smallest absolute Gasteiger partial charge is 0.230 e. The molecule has 1 rings (SSSR count). The Morgan fingerprint density at radius 3 is 2.55 bits per heavy atom. The van der Waals surface area contributed by atoms with Gasteiger partial charge in [-0.2, -0.15) is 0 Å².